The van der Waals surface area contributed by atoms with Crippen LogP contribution in [0.3, 0.4) is 0 Å². The van der Waals surface area contributed by atoms with E-state index in [1.165, 1.54) is 12.1 Å². The number of rotatable bonds is 11. The molecular formula is C31H41N3O5. The summed E-state index contributed by atoms with van der Waals surface area (Å²) < 4.78 is 5.39. The third-order valence-corrected chi connectivity index (χ3v) is 6.06. The van der Waals surface area contributed by atoms with Crippen molar-refractivity contribution in [3.63, 3.8) is 0 Å². The molecule has 3 atom stereocenters. The van der Waals surface area contributed by atoms with E-state index in [9.17, 15) is 19.5 Å². The molecule has 3 unspecified atom stereocenters. The van der Waals surface area contributed by atoms with Gasteiger partial charge in [0, 0.05) is 18.5 Å². The fraction of sp³-hybridized carbons (Fsp3) is 0.452. The van der Waals surface area contributed by atoms with Gasteiger partial charge in [0.05, 0.1) is 0 Å². The molecule has 2 aromatic carbocycles. The van der Waals surface area contributed by atoms with Gasteiger partial charge in [-0.25, -0.2) is 4.79 Å². The number of alkyl carbamates (subject to hydrolysis) is 1. The van der Waals surface area contributed by atoms with E-state index in [0.29, 0.717) is 11.1 Å². The number of aryl methyl sites for hydroxylation is 1. The lowest BCUT2D eigenvalue weighted by atomic mass is 9.99. The summed E-state index contributed by atoms with van der Waals surface area (Å²) in [6.07, 6.45) is 7.61. The van der Waals surface area contributed by atoms with Crippen LogP contribution in [0.15, 0.2) is 48.5 Å². The number of carbonyl (C=O) groups excluding carboxylic acids is 3. The highest BCUT2D eigenvalue weighted by atomic mass is 16.6. The molecular weight excluding hydrogens is 494 g/mol. The van der Waals surface area contributed by atoms with Crippen LogP contribution in [0.2, 0.25) is 0 Å². The molecule has 8 nitrogen and oxygen atoms in total. The molecule has 0 spiro atoms. The molecule has 0 aliphatic heterocycles. The molecule has 0 aromatic heterocycles. The van der Waals surface area contributed by atoms with Gasteiger partial charge in [-0.2, -0.15) is 0 Å². The zero-order chi connectivity index (χ0) is 29.2. The van der Waals surface area contributed by atoms with E-state index in [2.05, 4.69) is 16.7 Å². The number of hydrogen-bond donors (Lipinski definition) is 3. The van der Waals surface area contributed by atoms with Crippen LogP contribution in [0.25, 0.3) is 0 Å². The van der Waals surface area contributed by atoms with Crippen LogP contribution in [-0.4, -0.2) is 45.6 Å². The van der Waals surface area contributed by atoms with Crippen molar-refractivity contribution in [3.8, 4) is 18.2 Å². The van der Waals surface area contributed by atoms with Crippen LogP contribution in [0.1, 0.15) is 77.1 Å². The van der Waals surface area contributed by atoms with Gasteiger partial charge in [0.1, 0.15) is 23.4 Å². The maximum atomic E-state index is 14.0. The molecule has 3 amide bonds. The largest absolute Gasteiger partial charge is 0.508 e. The van der Waals surface area contributed by atoms with Crippen molar-refractivity contribution >= 4 is 17.9 Å². The number of phenols is 1. The van der Waals surface area contributed by atoms with Crippen LogP contribution < -0.4 is 10.6 Å². The Kier molecular flexibility index (Phi) is 11.4. The van der Waals surface area contributed by atoms with Crippen molar-refractivity contribution in [2.75, 3.05) is 0 Å². The Labute approximate surface area is 232 Å². The number of amides is 3. The number of benzene rings is 2. The van der Waals surface area contributed by atoms with Crippen LogP contribution in [0, 0.1) is 12.5 Å². The third kappa shape index (κ3) is 9.68. The van der Waals surface area contributed by atoms with Gasteiger partial charge in [0.25, 0.3) is 5.91 Å². The predicted molar refractivity (Wildman–Crippen MR) is 152 cm³/mol. The SMILES string of the molecule is C#CN(C(=O)C(Cc1ccc(O)cc1)NC(=O)OC(C)(C)C)C(C(=O)NC(C)CCC)c1ccc(CC)cc1. The molecule has 2 aromatic rings. The number of hydrogen-bond acceptors (Lipinski definition) is 5. The third-order valence-electron chi connectivity index (χ3n) is 6.06. The minimum Gasteiger partial charge on any atom is -0.508 e. The van der Waals surface area contributed by atoms with Gasteiger partial charge in [-0.05, 0) is 69.4 Å². The summed E-state index contributed by atoms with van der Waals surface area (Å²) in [5.74, 6) is -0.980. The van der Waals surface area contributed by atoms with Gasteiger partial charge in [-0.3, -0.25) is 14.5 Å². The fourth-order valence-electron chi connectivity index (χ4n) is 4.13. The molecule has 0 aliphatic carbocycles. The molecule has 3 N–H and O–H groups in total. The summed E-state index contributed by atoms with van der Waals surface area (Å²) in [7, 11) is 0. The Morgan fingerprint density at radius 1 is 1.00 bits per heavy atom. The molecule has 0 radical (unpaired) electrons. The standard InChI is InChI=1S/C31H41N3O5/c1-8-11-21(4)32-28(36)27(24-16-12-22(9-2)13-17-24)34(10-3)29(37)26(33-30(38)39-31(5,6)7)20-23-14-18-25(35)19-15-23/h3,12-19,21,26-27,35H,8-9,11,20H2,1-2,4-7H3,(H,32,36)(H,33,38). The molecule has 39 heavy (non-hydrogen) atoms. The van der Waals surface area contributed by atoms with Crippen molar-refractivity contribution < 1.29 is 24.2 Å². The van der Waals surface area contributed by atoms with Crippen LogP contribution in [0.4, 0.5) is 4.79 Å². The number of nitrogens with one attached hydrogen (secondary N) is 2. The average Bonchev–Trinajstić information content (AvgIpc) is 2.86. The highest BCUT2D eigenvalue weighted by molar-refractivity contribution is 5.93. The fourth-order valence-corrected chi connectivity index (χ4v) is 4.13. The zero-order valence-electron chi connectivity index (χ0n) is 23.8. The molecule has 0 aliphatic rings. The first kappa shape index (κ1) is 31.2. The molecule has 210 valence electrons. The maximum absolute atomic E-state index is 14.0. The Morgan fingerprint density at radius 3 is 2.10 bits per heavy atom. The summed E-state index contributed by atoms with van der Waals surface area (Å²) in [5, 5.41) is 15.3. The number of nitrogens with zero attached hydrogens (tertiary/aromatic N) is 1. The smallest absolute Gasteiger partial charge is 0.408 e. The minimum absolute atomic E-state index is 0.0614. The summed E-state index contributed by atoms with van der Waals surface area (Å²) >= 11 is 0. The molecule has 0 heterocycles. The van der Waals surface area contributed by atoms with Gasteiger partial charge in [0.15, 0.2) is 0 Å². The van der Waals surface area contributed by atoms with E-state index < -0.39 is 35.6 Å². The molecule has 0 saturated heterocycles. The molecule has 2 rings (SSSR count). The highest BCUT2D eigenvalue weighted by Gasteiger charge is 2.36. The van der Waals surface area contributed by atoms with E-state index in [1.54, 1.807) is 45.0 Å². The van der Waals surface area contributed by atoms with Gasteiger partial charge >= 0.3 is 6.09 Å². The number of carbonyl (C=O) groups is 3. The van der Waals surface area contributed by atoms with Crippen LogP contribution in [-0.2, 0) is 27.2 Å². The Morgan fingerprint density at radius 2 is 1.59 bits per heavy atom. The van der Waals surface area contributed by atoms with Crippen molar-refractivity contribution in [1.82, 2.24) is 15.5 Å². The van der Waals surface area contributed by atoms with Crippen LogP contribution >= 0.6 is 0 Å². The van der Waals surface area contributed by atoms with Crippen molar-refractivity contribution in [2.24, 2.45) is 0 Å². The van der Waals surface area contributed by atoms with Gasteiger partial charge < -0.3 is 20.5 Å². The molecule has 0 fully saturated rings. The number of aromatic hydroxyl groups is 1. The molecule has 8 heteroatoms. The number of ether oxygens (including phenoxy) is 1. The second-order valence-corrected chi connectivity index (χ2v) is 10.6. The second-order valence-electron chi connectivity index (χ2n) is 10.6. The lowest BCUT2D eigenvalue weighted by molar-refractivity contribution is -0.138. The first-order chi connectivity index (χ1) is 18.4. The zero-order valence-corrected chi connectivity index (χ0v) is 23.8. The molecule has 0 saturated carbocycles. The highest BCUT2D eigenvalue weighted by Crippen LogP contribution is 2.24. The van der Waals surface area contributed by atoms with E-state index >= 15 is 0 Å². The van der Waals surface area contributed by atoms with E-state index in [4.69, 9.17) is 11.2 Å². The summed E-state index contributed by atoms with van der Waals surface area (Å²) in [5.41, 5.74) is 1.51. The minimum atomic E-state index is -1.14. The number of phenolic OH excluding ortho intramolecular Hbond substituents is 1. The quantitative estimate of drug-likeness (QED) is 0.281. The Hall–Kier alpha value is -3.99. The van der Waals surface area contributed by atoms with Gasteiger partial charge in [-0.15, -0.1) is 0 Å². The summed E-state index contributed by atoms with van der Waals surface area (Å²) in [4.78, 5) is 41.3. The van der Waals surface area contributed by atoms with E-state index in [1.807, 2.05) is 32.9 Å². The maximum Gasteiger partial charge on any atom is 0.408 e. The first-order valence-electron chi connectivity index (χ1n) is 13.3. The summed E-state index contributed by atoms with van der Waals surface area (Å²) in [6.45, 7) is 11.1. The van der Waals surface area contributed by atoms with Gasteiger partial charge in [-0.1, -0.05) is 63.1 Å². The normalized spacial score (nSPS) is 13.4. The average molecular weight is 536 g/mol. The van der Waals surface area contributed by atoms with E-state index in [-0.39, 0.29) is 18.2 Å². The molecule has 0 bridgehead atoms. The number of terminal acetylenes is 1. The van der Waals surface area contributed by atoms with Crippen LogP contribution in [0.5, 0.6) is 5.75 Å². The first-order valence-corrected chi connectivity index (χ1v) is 13.3. The predicted octanol–water partition coefficient (Wildman–Crippen LogP) is 4.86. The topological polar surface area (TPSA) is 108 Å². The monoisotopic (exact) mass is 535 g/mol. The lowest BCUT2D eigenvalue weighted by Gasteiger charge is -2.31. The van der Waals surface area contributed by atoms with E-state index in [0.717, 1.165) is 29.7 Å². The van der Waals surface area contributed by atoms with Crippen molar-refractivity contribution in [1.29, 1.82) is 0 Å². The summed E-state index contributed by atoms with van der Waals surface area (Å²) in [6, 6.07) is 13.7. The Balaban J connectivity index is 2.49. The second kappa shape index (κ2) is 14.2. The lowest BCUT2D eigenvalue weighted by Crippen LogP contribution is -2.52. The van der Waals surface area contributed by atoms with Gasteiger partial charge in [0.2, 0.25) is 5.91 Å². The Bertz CT molecular complexity index is 1150. The van der Waals surface area contributed by atoms with Crippen molar-refractivity contribution in [2.45, 2.75) is 91.0 Å². The van der Waals surface area contributed by atoms with Crippen molar-refractivity contribution in [3.05, 3.63) is 65.2 Å².